The lowest BCUT2D eigenvalue weighted by molar-refractivity contribution is 0.0609. The number of benzene rings is 2. The van der Waals surface area contributed by atoms with Crippen LogP contribution in [0.1, 0.15) is 250 Å². The normalized spacial score (nSPS) is 14.1. The number of imide groups is 2. The minimum atomic E-state index is -1.94. The Balaban J connectivity index is 0.990. The number of carbonyl (C=O) groups excluding carboxylic acids is 4. The van der Waals surface area contributed by atoms with Crippen LogP contribution in [0, 0.1) is 37.3 Å². The zero-order chi connectivity index (χ0) is 73.7. The minimum Gasteiger partial charge on any atom is -0.461 e. The van der Waals surface area contributed by atoms with Crippen molar-refractivity contribution in [1.82, 2.24) is 9.80 Å². The van der Waals surface area contributed by atoms with Crippen molar-refractivity contribution in [2.24, 2.45) is 11.8 Å². The number of rotatable bonds is 39. The van der Waals surface area contributed by atoms with Gasteiger partial charge in [0.15, 0.2) is 11.6 Å². The molecule has 12 rings (SSSR count). The average molecular weight is 1550 g/mol. The maximum absolute atomic E-state index is 17.1. The number of aryl methyl sites for hydroxylation is 2. The molecule has 0 saturated heterocycles. The largest absolute Gasteiger partial charge is 0.461 e. The smallest absolute Gasteiger partial charge is 0.263 e. The lowest BCUT2D eigenvalue weighted by Crippen LogP contribution is -2.45. The van der Waals surface area contributed by atoms with Gasteiger partial charge in [-0.25, -0.2) is 8.78 Å². The molecule has 0 saturated carbocycles. The van der Waals surface area contributed by atoms with Crippen LogP contribution in [0.25, 0.3) is 93.8 Å². The van der Waals surface area contributed by atoms with E-state index in [4.69, 9.17) is 8.83 Å². The Kier molecular flexibility index (Phi) is 25.7. The molecule has 0 radical (unpaired) electrons. The summed E-state index contributed by atoms with van der Waals surface area (Å²) in [7, 11) is -3.88. The van der Waals surface area contributed by atoms with Crippen LogP contribution in [0.2, 0.25) is 36.3 Å². The summed E-state index contributed by atoms with van der Waals surface area (Å²) in [6.45, 7) is 27.1. The van der Waals surface area contributed by atoms with Gasteiger partial charge in [-0.05, 0) is 108 Å². The molecule has 554 valence electrons. The summed E-state index contributed by atoms with van der Waals surface area (Å²) >= 11 is 9.22. The van der Waals surface area contributed by atoms with E-state index in [0.29, 0.717) is 75.2 Å². The maximum Gasteiger partial charge on any atom is 0.263 e. The lowest BCUT2D eigenvalue weighted by atomic mass is 9.98. The van der Waals surface area contributed by atoms with Crippen LogP contribution in [-0.4, -0.2) is 62.7 Å². The Hall–Kier alpha value is -5.71. The van der Waals surface area contributed by atoms with Crippen molar-refractivity contribution in [3.8, 4) is 71.9 Å². The first-order chi connectivity index (χ1) is 50.4. The Morgan fingerprint density at radius 3 is 1.17 bits per heavy atom. The number of unbranched alkanes of at least 4 members (excludes halogenated alkanes) is 8. The van der Waals surface area contributed by atoms with Crippen LogP contribution in [0.4, 0.5) is 8.78 Å². The van der Waals surface area contributed by atoms with Crippen LogP contribution >= 0.6 is 68.0 Å². The van der Waals surface area contributed by atoms with Gasteiger partial charge in [-0.2, -0.15) is 0 Å². The van der Waals surface area contributed by atoms with Crippen molar-refractivity contribution in [1.29, 1.82) is 0 Å². The number of amides is 4. The highest BCUT2D eigenvalue weighted by atomic mass is 32.1. The van der Waals surface area contributed by atoms with E-state index in [1.54, 1.807) is 33.3 Å². The number of hydrogen-bond acceptors (Lipinski definition) is 12. The first kappa shape index (κ1) is 77.9. The summed E-state index contributed by atoms with van der Waals surface area (Å²) in [6, 6.07) is 32.2. The number of hydrogen-bond donors (Lipinski definition) is 0. The molecule has 2 unspecified atom stereocenters. The molecule has 104 heavy (non-hydrogen) atoms. The van der Waals surface area contributed by atoms with Gasteiger partial charge in [-0.3, -0.25) is 29.0 Å². The van der Waals surface area contributed by atoms with E-state index in [9.17, 15) is 9.59 Å². The van der Waals surface area contributed by atoms with E-state index in [-0.39, 0.29) is 46.6 Å². The Morgan fingerprint density at radius 1 is 0.385 bits per heavy atom. The van der Waals surface area contributed by atoms with Gasteiger partial charge in [0.2, 0.25) is 0 Å². The number of thiophene rings is 6. The van der Waals surface area contributed by atoms with Gasteiger partial charge < -0.3 is 8.83 Å². The zero-order valence-electron chi connectivity index (χ0n) is 63.4. The topological polar surface area (TPSA) is 101 Å². The average Bonchev–Trinajstić information content (AvgIpc) is 1.54. The molecular formula is C86H106F2N2O6S6Si2. The maximum atomic E-state index is 17.1. The molecule has 2 aliphatic heterocycles. The standard InChI is InChI=1S/C86H106F2N2O6S6Si2/c1-13-23-31-55(21-9)51-89-83(91)70-54(12)97-81(73(70)84(89)92)66-37-35-62(98-66)57-33-34-58(77(88)76(57)87)63-36-38-67(99-63)82-75-74(85(93)90(86(75)94)52-56(22-10)32-24-14-2)80(102-82)61-50-60-72(65-40-42-69(101-65)104(46-28-18-6,47-29-19-7)48-30-20-8)78-59(49-53(11)95-78)71(79(60)96-61)64-39-41-68(100-64)103(43-25-15-3,44-26-16-4)45-27-17-5/h33-42,49-50,55-56H,13-32,43-48,51-52H2,1-12H3. The highest BCUT2D eigenvalue weighted by Gasteiger charge is 2.46. The molecule has 0 bridgehead atoms. The molecule has 2 atom stereocenters. The molecule has 8 nitrogen and oxygen atoms in total. The summed E-state index contributed by atoms with van der Waals surface area (Å²) in [5.74, 6) is -1.58. The number of fused-ring (bicyclic) bond motifs is 4. The van der Waals surface area contributed by atoms with Crippen LogP contribution < -0.4 is 9.00 Å². The fourth-order valence-corrected chi connectivity index (χ4v) is 37.0. The zero-order valence-corrected chi connectivity index (χ0v) is 70.3. The monoisotopic (exact) mass is 1550 g/mol. The summed E-state index contributed by atoms with van der Waals surface area (Å²) in [4.78, 5) is 69.3. The van der Waals surface area contributed by atoms with Gasteiger partial charge in [-0.15, -0.1) is 68.0 Å². The fraction of sp³-hybridized carbons (Fsp3) is 0.488. The van der Waals surface area contributed by atoms with E-state index >= 15 is 18.4 Å². The predicted octanol–water partition coefficient (Wildman–Crippen LogP) is 27.8. The number of halogens is 2. The highest BCUT2D eigenvalue weighted by molar-refractivity contribution is 7.30. The molecule has 18 heteroatoms. The van der Waals surface area contributed by atoms with Crippen molar-refractivity contribution in [3.05, 3.63) is 117 Å². The third-order valence-electron chi connectivity index (χ3n) is 22.7. The number of nitrogens with zero attached hydrogens (tertiary/aromatic N) is 2. The molecule has 10 aromatic rings. The number of furan rings is 2. The van der Waals surface area contributed by atoms with E-state index in [1.807, 2.05) is 41.7 Å². The molecule has 0 fully saturated rings. The third kappa shape index (κ3) is 15.0. The first-order valence-electron chi connectivity index (χ1n) is 39.3. The van der Waals surface area contributed by atoms with E-state index in [1.165, 1.54) is 168 Å². The molecule has 2 aliphatic rings. The minimum absolute atomic E-state index is 0.0750. The molecule has 0 N–H and O–H groups in total. The second kappa shape index (κ2) is 34.3. The van der Waals surface area contributed by atoms with Crippen molar-refractivity contribution in [2.45, 2.75) is 248 Å². The molecule has 2 aromatic carbocycles. The summed E-state index contributed by atoms with van der Waals surface area (Å²) < 4.78 is 51.9. The summed E-state index contributed by atoms with van der Waals surface area (Å²) in [5, 5.41) is 1.92. The second-order valence-electron chi connectivity index (χ2n) is 29.9. The Bertz CT molecular complexity index is 4550. The van der Waals surface area contributed by atoms with Crippen LogP contribution in [-0.2, 0) is 0 Å². The van der Waals surface area contributed by atoms with Crippen molar-refractivity contribution in [3.63, 3.8) is 0 Å². The molecule has 8 aromatic heterocycles. The molecule has 0 aliphatic carbocycles. The molecule has 0 spiro atoms. The Morgan fingerprint density at radius 2 is 0.750 bits per heavy atom. The van der Waals surface area contributed by atoms with E-state index < -0.39 is 27.8 Å². The Labute approximate surface area is 642 Å². The predicted molar refractivity (Wildman–Crippen MR) is 447 cm³/mol. The highest BCUT2D eigenvalue weighted by Crippen LogP contribution is 2.55. The summed E-state index contributed by atoms with van der Waals surface area (Å²) in [5.41, 5.74) is 5.23. The third-order valence-corrected chi connectivity index (χ3v) is 42.9. The van der Waals surface area contributed by atoms with E-state index in [2.05, 4.69) is 113 Å². The quantitative estimate of drug-likeness (QED) is 0.0281. The summed E-state index contributed by atoms with van der Waals surface area (Å²) in [6.07, 6.45) is 22.0. The van der Waals surface area contributed by atoms with Gasteiger partial charge in [-0.1, -0.05) is 233 Å². The van der Waals surface area contributed by atoms with Gasteiger partial charge in [0.25, 0.3) is 23.6 Å². The van der Waals surface area contributed by atoms with E-state index in [0.717, 1.165) is 105 Å². The SMILES string of the molecule is CCCCC(CC)CN1C(=O)c2c(C)sc(-c3ccc(-c4ccc(-c5ccc(-c6sc(-c7cc8c(-c9ccc([Si](CCCC)(CCCC)CCCC)s9)c9oc(C)cc9c(-c9ccc([Si](CCCC)(CCCC)CCCC)s9)c8o7)c7c6C(=O)N(CC(CC)CCCC)C7=O)s5)c(F)c4F)s3)c2C1=O. The molecule has 10 heterocycles. The first-order valence-corrected chi connectivity index (χ1v) is 49.5. The van der Waals surface area contributed by atoms with Crippen LogP contribution in [0.15, 0.2) is 81.6 Å². The fourth-order valence-electron chi connectivity index (χ4n) is 16.5. The van der Waals surface area contributed by atoms with Gasteiger partial charge >= 0.3 is 0 Å². The molecule has 4 amide bonds. The molecular weight excluding hydrogens is 1440 g/mol. The lowest BCUT2D eigenvalue weighted by Gasteiger charge is -2.31. The van der Waals surface area contributed by atoms with Crippen LogP contribution in [0.3, 0.4) is 0 Å². The van der Waals surface area contributed by atoms with Gasteiger partial charge in [0.05, 0.1) is 53.0 Å². The number of carbonyl (C=O) groups is 4. The van der Waals surface area contributed by atoms with Crippen molar-refractivity contribution < 1.29 is 36.8 Å². The van der Waals surface area contributed by atoms with Crippen LogP contribution in [0.5, 0.6) is 0 Å². The van der Waals surface area contributed by atoms with Crippen molar-refractivity contribution >= 4 is 139 Å². The van der Waals surface area contributed by atoms with Crippen molar-refractivity contribution in [2.75, 3.05) is 13.1 Å². The second-order valence-corrected chi connectivity index (χ2v) is 46.4. The van der Waals surface area contributed by atoms with Gasteiger partial charge in [0.1, 0.15) is 22.7 Å². The van der Waals surface area contributed by atoms with Gasteiger partial charge in [0, 0.05) is 80.3 Å².